The third-order valence-corrected chi connectivity index (χ3v) is 6.71. The molecule has 2 aromatic carbocycles. The molecule has 1 aliphatic heterocycles. The van der Waals surface area contributed by atoms with Gasteiger partial charge in [-0.25, -0.2) is 4.98 Å². The summed E-state index contributed by atoms with van der Waals surface area (Å²) in [5, 5.41) is 3.04. The molecule has 174 valence electrons. The quantitative estimate of drug-likeness (QED) is 0.505. The van der Waals surface area contributed by atoms with Gasteiger partial charge in [0, 0.05) is 36.7 Å². The molecule has 1 atom stereocenters. The zero-order valence-electron chi connectivity index (χ0n) is 19.8. The first-order valence-corrected chi connectivity index (χ1v) is 12.0. The fraction of sp³-hybridized carbons (Fsp3) is 0.444. The zero-order chi connectivity index (χ0) is 23.4. The number of unbranched alkanes of at least 4 members (excludes halogenated alkanes) is 1. The number of nitrogens with one attached hydrogen (secondary N) is 1. The van der Waals surface area contributed by atoms with E-state index in [1.54, 1.807) is 0 Å². The van der Waals surface area contributed by atoms with E-state index in [4.69, 9.17) is 4.42 Å². The second-order valence-corrected chi connectivity index (χ2v) is 9.13. The lowest BCUT2D eigenvalue weighted by Gasteiger charge is -2.34. The van der Waals surface area contributed by atoms with E-state index in [0.717, 1.165) is 37.8 Å². The minimum atomic E-state index is -0.0224. The van der Waals surface area contributed by atoms with E-state index in [-0.39, 0.29) is 17.7 Å². The van der Waals surface area contributed by atoms with Crippen molar-refractivity contribution >= 4 is 22.9 Å². The van der Waals surface area contributed by atoms with Crippen LogP contribution in [-0.4, -0.2) is 41.3 Å². The number of likely N-dealkylation sites (tertiary alicyclic amines) is 1. The van der Waals surface area contributed by atoms with Gasteiger partial charge in [0.25, 0.3) is 5.91 Å². The first kappa shape index (κ1) is 23.0. The minimum absolute atomic E-state index is 0.00952. The van der Waals surface area contributed by atoms with Crippen molar-refractivity contribution in [1.29, 1.82) is 0 Å². The number of hydrogen-bond donors (Lipinski definition) is 1. The first-order valence-electron chi connectivity index (χ1n) is 12.0. The monoisotopic (exact) mass is 447 g/mol. The lowest BCUT2D eigenvalue weighted by atomic mass is 9.84. The van der Waals surface area contributed by atoms with Gasteiger partial charge in [-0.2, -0.15) is 0 Å². The van der Waals surface area contributed by atoms with Crippen LogP contribution in [0.4, 0.5) is 0 Å². The second-order valence-electron chi connectivity index (χ2n) is 9.13. The molecule has 4 rings (SSSR count). The summed E-state index contributed by atoms with van der Waals surface area (Å²) in [6.45, 7) is 8.25. The van der Waals surface area contributed by atoms with E-state index >= 15 is 0 Å². The SMILES string of the molecule is CCCCNC(=O)C(C)C1CCN(C(=O)c2ccc3oc(-c4ccc(C)cc4)nc3c2)CC1. The Bertz CT molecular complexity index is 1110. The number of carbonyl (C=O) groups excluding carboxylic acids is 2. The number of piperidine rings is 1. The molecule has 0 aliphatic carbocycles. The number of aromatic nitrogens is 1. The summed E-state index contributed by atoms with van der Waals surface area (Å²) in [5.41, 5.74) is 4.07. The molecule has 33 heavy (non-hydrogen) atoms. The van der Waals surface area contributed by atoms with E-state index in [1.165, 1.54) is 5.56 Å². The fourth-order valence-electron chi connectivity index (χ4n) is 4.43. The predicted molar refractivity (Wildman–Crippen MR) is 130 cm³/mol. The van der Waals surface area contributed by atoms with E-state index in [2.05, 4.69) is 17.2 Å². The van der Waals surface area contributed by atoms with Crippen LogP contribution in [0, 0.1) is 18.8 Å². The molecule has 0 spiro atoms. The van der Waals surface area contributed by atoms with Crippen LogP contribution in [0.1, 0.15) is 55.5 Å². The number of amides is 2. The second kappa shape index (κ2) is 10.2. The molecule has 1 N–H and O–H groups in total. The zero-order valence-corrected chi connectivity index (χ0v) is 19.8. The summed E-state index contributed by atoms with van der Waals surface area (Å²) >= 11 is 0. The predicted octanol–water partition coefficient (Wildman–Crippen LogP) is 5.21. The van der Waals surface area contributed by atoms with Gasteiger partial charge in [0.15, 0.2) is 5.58 Å². The van der Waals surface area contributed by atoms with Crippen LogP contribution in [-0.2, 0) is 4.79 Å². The van der Waals surface area contributed by atoms with Gasteiger partial charge in [-0.05, 0) is 62.4 Å². The molecular formula is C27H33N3O3. The number of fused-ring (bicyclic) bond motifs is 1. The summed E-state index contributed by atoms with van der Waals surface area (Å²) in [4.78, 5) is 32.0. The van der Waals surface area contributed by atoms with Gasteiger partial charge in [-0.15, -0.1) is 0 Å². The molecule has 1 fully saturated rings. The van der Waals surface area contributed by atoms with Crippen molar-refractivity contribution in [1.82, 2.24) is 15.2 Å². The Morgan fingerprint density at radius 2 is 1.88 bits per heavy atom. The molecule has 1 aromatic heterocycles. The fourth-order valence-corrected chi connectivity index (χ4v) is 4.43. The molecule has 0 bridgehead atoms. The molecule has 1 saturated heterocycles. The number of aryl methyl sites for hydroxylation is 1. The Morgan fingerprint density at radius 3 is 2.58 bits per heavy atom. The van der Waals surface area contributed by atoms with Crippen molar-refractivity contribution in [2.75, 3.05) is 19.6 Å². The van der Waals surface area contributed by atoms with Gasteiger partial charge in [-0.1, -0.05) is 38.0 Å². The third kappa shape index (κ3) is 5.27. The maximum Gasteiger partial charge on any atom is 0.253 e. The van der Waals surface area contributed by atoms with E-state index < -0.39 is 0 Å². The topological polar surface area (TPSA) is 75.4 Å². The third-order valence-electron chi connectivity index (χ3n) is 6.71. The number of oxazole rings is 1. The van der Waals surface area contributed by atoms with Crippen LogP contribution in [0.3, 0.4) is 0 Å². The number of rotatable bonds is 7. The highest BCUT2D eigenvalue weighted by Crippen LogP contribution is 2.28. The molecule has 0 saturated carbocycles. The van der Waals surface area contributed by atoms with Gasteiger partial charge < -0.3 is 14.6 Å². The normalized spacial score (nSPS) is 15.5. The summed E-state index contributed by atoms with van der Waals surface area (Å²) < 4.78 is 5.90. The maximum atomic E-state index is 13.1. The number of benzene rings is 2. The summed E-state index contributed by atoms with van der Waals surface area (Å²) in [5.74, 6) is 0.988. The Morgan fingerprint density at radius 1 is 1.15 bits per heavy atom. The van der Waals surface area contributed by atoms with Crippen molar-refractivity contribution in [2.24, 2.45) is 11.8 Å². The molecule has 1 aliphatic rings. The summed E-state index contributed by atoms with van der Waals surface area (Å²) in [7, 11) is 0. The number of nitrogens with zero attached hydrogens (tertiary/aromatic N) is 2. The molecular weight excluding hydrogens is 414 g/mol. The highest BCUT2D eigenvalue weighted by molar-refractivity contribution is 5.97. The minimum Gasteiger partial charge on any atom is -0.436 e. The highest BCUT2D eigenvalue weighted by atomic mass is 16.3. The standard InChI is InChI=1S/C27H33N3O3/c1-4-5-14-28-25(31)19(3)20-12-15-30(16-13-20)27(32)22-10-11-24-23(17-22)29-26(33-24)21-8-6-18(2)7-9-21/h6-11,17,19-20H,4-5,12-16H2,1-3H3,(H,28,31). The van der Waals surface area contributed by atoms with Crippen LogP contribution in [0.15, 0.2) is 46.9 Å². The van der Waals surface area contributed by atoms with Crippen molar-refractivity contribution < 1.29 is 14.0 Å². The smallest absolute Gasteiger partial charge is 0.253 e. The molecule has 3 aromatic rings. The van der Waals surface area contributed by atoms with Gasteiger partial charge >= 0.3 is 0 Å². The Labute approximate surface area is 195 Å². The molecule has 6 nitrogen and oxygen atoms in total. The highest BCUT2D eigenvalue weighted by Gasteiger charge is 2.30. The van der Waals surface area contributed by atoms with E-state index in [9.17, 15) is 9.59 Å². The summed E-state index contributed by atoms with van der Waals surface area (Å²) in [6.07, 6.45) is 3.77. The molecule has 2 amide bonds. The lowest BCUT2D eigenvalue weighted by molar-refractivity contribution is -0.126. The maximum absolute atomic E-state index is 13.1. The van der Waals surface area contributed by atoms with Crippen molar-refractivity contribution in [3.05, 3.63) is 53.6 Å². The average molecular weight is 448 g/mol. The Kier molecular flexibility index (Phi) is 7.11. The number of hydrogen-bond acceptors (Lipinski definition) is 4. The lowest BCUT2D eigenvalue weighted by Crippen LogP contribution is -2.42. The van der Waals surface area contributed by atoms with Crippen molar-refractivity contribution in [3.63, 3.8) is 0 Å². The van der Waals surface area contributed by atoms with E-state index in [0.29, 0.717) is 41.6 Å². The van der Waals surface area contributed by atoms with Crippen LogP contribution in [0.2, 0.25) is 0 Å². The Hall–Kier alpha value is -3.15. The molecule has 1 unspecified atom stereocenters. The van der Waals surface area contributed by atoms with Crippen LogP contribution in [0.5, 0.6) is 0 Å². The van der Waals surface area contributed by atoms with Gasteiger partial charge in [0.05, 0.1) is 0 Å². The van der Waals surface area contributed by atoms with Crippen LogP contribution in [0.25, 0.3) is 22.6 Å². The largest absolute Gasteiger partial charge is 0.436 e. The van der Waals surface area contributed by atoms with Gasteiger partial charge in [0.1, 0.15) is 5.52 Å². The summed E-state index contributed by atoms with van der Waals surface area (Å²) in [6, 6.07) is 13.5. The van der Waals surface area contributed by atoms with Gasteiger partial charge in [0.2, 0.25) is 11.8 Å². The van der Waals surface area contributed by atoms with Crippen molar-refractivity contribution in [3.8, 4) is 11.5 Å². The van der Waals surface area contributed by atoms with Crippen molar-refractivity contribution in [2.45, 2.75) is 46.5 Å². The van der Waals surface area contributed by atoms with E-state index in [1.807, 2.05) is 61.2 Å². The molecule has 2 heterocycles. The molecule has 0 radical (unpaired) electrons. The van der Waals surface area contributed by atoms with Crippen LogP contribution < -0.4 is 5.32 Å². The van der Waals surface area contributed by atoms with Gasteiger partial charge in [-0.3, -0.25) is 9.59 Å². The van der Waals surface area contributed by atoms with Crippen LogP contribution >= 0.6 is 0 Å². The Balaban J connectivity index is 1.39. The first-order chi connectivity index (χ1) is 16.0. The average Bonchev–Trinajstić information content (AvgIpc) is 3.27. The molecule has 6 heteroatoms. The number of carbonyl (C=O) groups is 2.